The summed E-state index contributed by atoms with van der Waals surface area (Å²) in [5.74, 6) is 5.25. The second-order valence-electron chi connectivity index (χ2n) is 2.23. The lowest BCUT2D eigenvalue weighted by Gasteiger charge is -1.98. The van der Waals surface area contributed by atoms with Gasteiger partial charge in [-0.25, -0.2) is 30.7 Å². The van der Waals surface area contributed by atoms with Gasteiger partial charge in [0.1, 0.15) is 17.2 Å². The van der Waals surface area contributed by atoms with E-state index in [0.29, 0.717) is 0 Å². The van der Waals surface area contributed by atoms with Crippen LogP contribution in [0.15, 0.2) is 0 Å². The standard InChI is InChI=1S/C6B3N6/c10-1-7-4-13-5(8-2-11)15-6(14-4)9-3-12. The Morgan fingerprint density at radius 3 is 1.13 bits per heavy atom. The highest BCUT2D eigenvalue weighted by atomic mass is 15.0. The SMILES string of the molecule is N#C[B]c1nc([B]C#N)nc([B]C#N)n1. The molecule has 0 atom stereocenters. The summed E-state index contributed by atoms with van der Waals surface area (Å²) in [6.45, 7) is 0. The minimum Gasteiger partial charge on any atom is -0.238 e. The summed E-state index contributed by atoms with van der Waals surface area (Å²) in [6.07, 6.45) is 0. The van der Waals surface area contributed by atoms with Crippen LogP contribution in [0.5, 0.6) is 0 Å². The molecule has 3 radical (unpaired) electrons. The van der Waals surface area contributed by atoms with Gasteiger partial charge in [0.25, 0.3) is 0 Å². The molecule has 63 valence electrons. The molecule has 0 aliphatic heterocycles. The van der Waals surface area contributed by atoms with Crippen molar-refractivity contribution in [3.8, 4) is 17.9 Å². The van der Waals surface area contributed by atoms with Gasteiger partial charge in [-0.15, -0.1) is 0 Å². The second kappa shape index (κ2) is 5.41. The summed E-state index contributed by atoms with van der Waals surface area (Å²) in [5.41, 5.74) is 0.363. The third-order valence-electron chi connectivity index (χ3n) is 1.27. The molecule has 0 fully saturated rings. The average Bonchev–Trinajstić information content (AvgIpc) is 2.19. The van der Waals surface area contributed by atoms with Crippen molar-refractivity contribution in [2.45, 2.75) is 0 Å². The Morgan fingerprint density at radius 2 is 0.933 bits per heavy atom. The van der Waals surface area contributed by atoms with Crippen molar-refractivity contribution in [1.29, 1.82) is 15.8 Å². The molecule has 6 nitrogen and oxygen atoms in total. The Labute approximate surface area is 88.3 Å². The summed E-state index contributed by atoms with van der Waals surface area (Å²) in [7, 11) is 3.31. The highest BCUT2D eigenvalue weighted by Gasteiger charge is 2.09. The summed E-state index contributed by atoms with van der Waals surface area (Å²) in [4.78, 5) is 11.4. The lowest BCUT2D eigenvalue weighted by Crippen LogP contribution is -2.43. The first-order valence-corrected chi connectivity index (χ1v) is 3.74. The molecule has 15 heavy (non-hydrogen) atoms. The van der Waals surface area contributed by atoms with Crippen LogP contribution in [-0.2, 0) is 0 Å². The van der Waals surface area contributed by atoms with Crippen molar-refractivity contribution in [2.24, 2.45) is 0 Å². The van der Waals surface area contributed by atoms with Crippen LogP contribution in [0.3, 0.4) is 0 Å². The largest absolute Gasteiger partial charge is 0.342 e. The first-order valence-electron chi connectivity index (χ1n) is 3.74. The zero-order chi connectivity index (χ0) is 11.1. The summed E-state index contributed by atoms with van der Waals surface area (Å²) < 4.78 is 0. The molecular formula is C6B3N6. The maximum atomic E-state index is 8.40. The third-order valence-corrected chi connectivity index (χ3v) is 1.27. The minimum atomic E-state index is 0.121. The van der Waals surface area contributed by atoms with Crippen LogP contribution in [-0.4, -0.2) is 36.8 Å². The quantitative estimate of drug-likeness (QED) is 0.452. The van der Waals surface area contributed by atoms with Crippen molar-refractivity contribution in [3.05, 3.63) is 0 Å². The van der Waals surface area contributed by atoms with E-state index in [-0.39, 0.29) is 17.2 Å². The first-order chi connectivity index (χ1) is 7.30. The molecule has 0 aromatic carbocycles. The number of nitrogens with zero attached hydrogens (tertiary/aromatic N) is 6. The van der Waals surface area contributed by atoms with Crippen LogP contribution in [0.25, 0.3) is 0 Å². The first kappa shape index (κ1) is 10.8. The molecule has 0 saturated heterocycles. The predicted molar refractivity (Wildman–Crippen MR) is 52.8 cm³/mol. The molecule has 0 N–H and O–H groups in total. The van der Waals surface area contributed by atoms with Gasteiger partial charge in [-0.1, -0.05) is 0 Å². The van der Waals surface area contributed by atoms with Crippen LogP contribution in [0.2, 0.25) is 0 Å². The average molecular weight is 189 g/mol. The van der Waals surface area contributed by atoms with Crippen molar-refractivity contribution < 1.29 is 0 Å². The molecule has 0 saturated carbocycles. The van der Waals surface area contributed by atoms with E-state index in [0.717, 1.165) is 21.8 Å². The smallest absolute Gasteiger partial charge is 0.238 e. The monoisotopic (exact) mass is 189 g/mol. The summed E-state index contributed by atoms with van der Waals surface area (Å²) in [5, 5.41) is 25.2. The van der Waals surface area contributed by atoms with E-state index in [9.17, 15) is 0 Å². The normalized spacial score (nSPS) is 7.80. The molecule has 1 aromatic rings. The zero-order valence-corrected chi connectivity index (χ0v) is 7.42. The Hall–Kier alpha value is -2.33. The van der Waals surface area contributed by atoms with Gasteiger partial charge >= 0.3 is 21.8 Å². The number of rotatable bonds is 3. The van der Waals surface area contributed by atoms with E-state index in [1.54, 1.807) is 17.9 Å². The minimum absolute atomic E-state index is 0.121. The molecule has 0 spiro atoms. The van der Waals surface area contributed by atoms with Crippen molar-refractivity contribution in [3.63, 3.8) is 0 Å². The fraction of sp³-hybridized carbons (Fsp3) is 0. The van der Waals surface area contributed by atoms with Gasteiger partial charge in [-0.3, -0.25) is 0 Å². The molecule has 0 aliphatic rings. The number of hydrogen-bond acceptors (Lipinski definition) is 6. The predicted octanol–water partition coefficient (Wildman–Crippen LogP) is -3.70. The van der Waals surface area contributed by atoms with Crippen LogP contribution in [0, 0.1) is 33.7 Å². The third kappa shape index (κ3) is 3.13. The van der Waals surface area contributed by atoms with Crippen molar-refractivity contribution in [1.82, 2.24) is 15.0 Å². The summed E-state index contributed by atoms with van der Waals surface area (Å²) >= 11 is 0. The molecule has 0 aliphatic carbocycles. The second-order valence-corrected chi connectivity index (χ2v) is 2.23. The highest BCUT2D eigenvalue weighted by molar-refractivity contribution is 6.64. The van der Waals surface area contributed by atoms with E-state index < -0.39 is 0 Å². The lowest BCUT2D eigenvalue weighted by molar-refractivity contribution is 1.18. The van der Waals surface area contributed by atoms with E-state index in [1.807, 2.05) is 0 Å². The van der Waals surface area contributed by atoms with E-state index in [2.05, 4.69) is 15.0 Å². The number of aromatic nitrogens is 3. The Morgan fingerprint density at radius 1 is 0.667 bits per heavy atom. The van der Waals surface area contributed by atoms with Crippen LogP contribution < -0.4 is 17.2 Å². The van der Waals surface area contributed by atoms with Gasteiger partial charge in [-0.05, 0) is 0 Å². The molecular weight excluding hydrogens is 189 g/mol. The number of nitriles is 3. The van der Waals surface area contributed by atoms with E-state index in [1.165, 1.54) is 0 Å². The molecule has 0 bridgehead atoms. The molecule has 9 heteroatoms. The Bertz CT molecular complexity index is 397. The van der Waals surface area contributed by atoms with Gasteiger partial charge in [0, 0.05) is 17.9 Å². The van der Waals surface area contributed by atoms with E-state index >= 15 is 0 Å². The van der Waals surface area contributed by atoms with Gasteiger partial charge in [0.2, 0.25) is 0 Å². The van der Waals surface area contributed by atoms with Crippen LogP contribution in [0.4, 0.5) is 0 Å². The molecule has 0 amide bonds. The van der Waals surface area contributed by atoms with Crippen LogP contribution in [0.1, 0.15) is 0 Å². The van der Waals surface area contributed by atoms with Gasteiger partial charge < -0.3 is 0 Å². The fourth-order valence-corrected chi connectivity index (χ4v) is 0.794. The zero-order valence-electron chi connectivity index (χ0n) is 7.42. The maximum Gasteiger partial charge on any atom is 0.342 e. The summed E-state index contributed by atoms with van der Waals surface area (Å²) in [6, 6.07) is 0. The molecule has 1 rings (SSSR count). The lowest BCUT2D eigenvalue weighted by atomic mass is 9.75. The molecule has 1 heterocycles. The van der Waals surface area contributed by atoms with Crippen molar-refractivity contribution >= 4 is 39.0 Å². The Balaban J connectivity index is 3.05. The van der Waals surface area contributed by atoms with Gasteiger partial charge in [0.15, 0.2) is 0 Å². The molecule has 0 unspecified atom stereocenters. The van der Waals surface area contributed by atoms with E-state index in [4.69, 9.17) is 15.8 Å². The number of hydrogen-bond donors (Lipinski definition) is 0. The van der Waals surface area contributed by atoms with Gasteiger partial charge in [0.05, 0.1) is 0 Å². The highest BCUT2D eigenvalue weighted by Crippen LogP contribution is 1.62. The maximum absolute atomic E-state index is 8.40. The van der Waals surface area contributed by atoms with Gasteiger partial charge in [-0.2, -0.15) is 0 Å². The van der Waals surface area contributed by atoms with Crippen LogP contribution >= 0.6 is 0 Å². The van der Waals surface area contributed by atoms with Crippen molar-refractivity contribution in [2.75, 3.05) is 0 Å². The fourth-order valence-electron chi connectivity index (χ4n) is 0.794. The molecule has 1 aromatic heterocycles. The topological polar surface area (TPSA) is 110 Å². The Kier molecular flexibility index (Phi) is 3.88.